The highest BCUT2D eigenvalue weighted by Crippen LogP contribution is 2.21. The molecule has 2 aromatic carbocycles. The van der Waals surface area contributed by atoms with Crippen LogP contribution in [-0.4, -0.2) is 12.5 Å². The standard InChI is InChI=1S/C16H14BrN3O/c17-14-5-6-15(13(9-14)10-19)20-16(21)12-3-1-11(2-4-12)7-8-18/h1-6,9H,7-8,18H2,(H,20,21). The molecule has 0 aromatic heterocycles. The van der Waals surface area contributed by atoms with E-state index in [1.807, 2.05) is 12.1 Å². The molecule has 0 fully saturated rings. The number of nitriles is 1. The van der Waals surface area contributed by atoms with Crippen LogP contribution in [0, 0.1) is 11.3 Å². The molecule has 5 heteroatoms. The maximum absolute atomic E-state index is 12.2. The van der Waals surface area contributed by atoms with Crippen molar-refractivity contribution in [1.82, 2.24) is 0 Å². The zero-order valence-corrected chi connectivity index (χ0v) is 12.9. The van der Waals surface area contributed by atoms with Crippen molar-refractivity contribution in [2.45, 2.75) is 6.42 Å². The van der Waals surface area contributed by atoms with E-state index in [-0.39, 0.29) is 5.91 Å². The maximum Gasteiger partial charge on any atom is 0.255 e. The number of rotatable bonds is 4. The minimum absolute atomic E-state index is 0.242. The van der Waals surface area contributed by atoms with Crippen LogP contribution in [0.1, 0.15) is 21.5 Å². The molecule has 0 bridgehead atoms. The predicted molar refractivity (Wildman–Crippen MR) is 86.0 cm³/mol. The average Bonchev–Trinajstić information content (AvgIpc) is 2.50. The first kappa shape index (κ1) is 15.2. The van der Waals surface area contributed by atoms with E-state index in [0.29, 0.717) is 23.4 Å². The predicted octanol–water partition coefficient (Wildman–Crippen LogP) is 3.07. The van der Waals surface area contributed by atoms with Crippen molar-refractivity contribution in [1.29, 1.82) is 5.26 Å². The van der Waals surface area contributed by atoms with Crippen LogP contribution in [0.25, 0.3) is 0 Å². The molecule has 2 aromatic rings. The van der Waals surface area contributed by atoms with Crippen LogP contribution < -0.4 is 11.1 Å². The first-order chi connectivity index (χ1) is 10.1. The first-order valence-electron chi connectivity index (χ1n) is 6.44. The molecule has 0 aliphatic heterocycles. The zero-order valence-electron chi connectivity index (χ0n) is 11.3. The Kier molecular flexibility index (Phi) is 5.09. The molecule has 0 aliphatic rings. The van der Waals surface area contributed by atoms with Gasteiger partial charge in [-0.1, -0.05) is 28.1 Å². The summed E-state index contributed by atoms with van der Waals surface area (Å²) >= 11 is 3.30. The Balaban J connectivity index is 2.16. The van der Waals surface area contributed by atoms with Gasteiger partial charge in [-0.25, -0.2) is 0 Å². The van der Waals surface area contributed by atoms with Crippen molar-refractivity contribution < 1.29 is 4.79 Å². The van der Waals surface area contributed by atoms with E-state index >= 15 is 0 Å². The van der Waals surface area contributed by atoms with Crippen LogP contribution in [0.5, 0.6) is 0 Å². The fourth-order valence-electron chi connectivity index (χ4n) is 1.90. The van der Waals surface area contributed by atoms with Gasteiger partial charge in [-0.15, -0.1) is 0 Å². The molecular formula is C16H14BrN3O. The second kappa shape index (κ2) is 7.02. The number of carbonyl (C=O) groups excluding carboxylic acids is 1. The summed E-state index contributed by atoms with van der Waals surface area (Å²) in [6, 6.07) is 14.5. The topological polar surface area (TPSA) is 78.9 Å². The van der Waals surface area contributed by atoms with Crippen molar-refractivity contribution in [3.8, 4) is 6.07 Å². The molecular weight excluding hydrogens is 330 g/mol. The Morgan fingerprint density at radius 1 is 1.24 bits per heavy atom. The molecule has 1 amide bonds. The Hall–Kier alpha value is -2.16. The summed E-state index contributed by atoms with van der Waals surface area (Å²) in [6.45, 7) is 0.579. The molecule has 21 heavy (non-hydrogen) atoms. The first-order valence-corrected chi connectivity index (χ1v) is 7.23. The molecule has 0 heterocycles. The molecule has 0 saturated carbocycles. The van der Waals surface area contributed by atoms with Crippen LogP contribution >= 0.6 is 15.9 Å². The van der Waals surface area contributed by atoms with Gasteiger partial charge in [0.25, 0.3) is 5.91 Å². The normalized spacial score (nSPS) is 9.95. The van der Waals surface area contributed by atoms with E-state index in [1.54, 1.807) is 30.3 Å². The molecule has 0 aliphatic carbocycles. The fraction of sp³-hybridized carbons (Fsp3) is 0.125. The van der Waals surface area contributed by atoms with Crippen molar-refractivity contribution >= 4 is 27.5 Å². The van der Waals surface area contributed by atoms with E-state index in [4.69, 9.17) is 11.0 Å². The third kappa shape index (κ3) is 3.91. The van der Waals surface area contributed by atoms with E-state index in [0.717, 1.165) is 16.5 Å². The average molecular weight is 344 g/mol. The largest absolute Gasteiger partial charge is 0.330 e. The SMILES string of the molecule is N#Cc1cc(Br)ccc1NC(=O)c1ccc(CCN)cc1. The number of hydrogen-bond acceptors (Lipinski definition) is 3. The minimum atomic E-state index is -0.242. The lowest BCUT2D eigenvalue weighted by molar-refractivity contribution is 0.102. The van der Waals surface area contributed by atoms with E-state index in [9.17, 15) is 4.79 Å². The smallest absolute Gasteiger partial charge is 0.255 e. The lowest BCUT2D eigenvalue weighted by atomic mass is 10.1. The molecule has 106 valence electrons. The number of anilines is 1. The third-order valence-electron chi connectivity index (χ3n) is 3.00. The quantitative estimate of drug-likeness (QED) is 0.895. The van der Waals surface area contributed by atoms with E-state index < -0.39 is 0 Å². The Labute approximate surface area is 131 Å². The lowest BCUT2D eigenvalue weighted by Crippen LogP contribution is -2.13. The highest BCUT2D eigenvalue weighted by molar-refractivity contribution is 9.10. The molecule has 0 saturated heterocycles. The van der Waals surface area contributed by atoms with Crippen LogP contribution in [0.2, 0.25) is 0 Å². The van der Waals surface area contributed by atoms with Gasteiger partial charge in [0.1, 0.15) is 6.07 Å². The number of nitrogens with one attached hydrogen (secondary N) is 1. The molecule has 4 nitrogen and oxygen atoms in total. The number of carbonyl (C=O) groups is 1. The monoisotopic (exact) mass is 343 g/mol. The number of benzene rings is 2. The number of hydrogen-bond donors (Lipinski definition) is 2. The molecule has 3 N–H and O–H groups in total. The van der Waals surface area contributed by atoms with E-state index in [2.05, 4.69) is 27.3 Å². The summed E-state index contributed by atoms with van der Waals surface area (Å²) in [7, 11) is 0. The van der Waals surface area contributed by atoms with Gasteiger partial charge in [0.15, 0.2) is 0 Å². The zero-order chi connectivity index (χ0) is 15.2. The van der Waals surface area contributed by atoms with Gasteiger partial charge in [-0.3, -0.25) is 4.79 Å². The highest BCUT2D eigenvalue weighted by atomic mass is 79.9. The summed E-state index contributed by atoms with van der Waals surface area (Å²) in [4.78, 5) is 12.2. The highest BCUT2D eigenvalue weighted by Gasteiger charge is 2.09. The van der Waals surface area contributed by atoms with Crippen molar-refractivity contribution in [3.05, 3.63) is 63.6 Å². The number of nitrogens with two attached hydrogens (primary N) is 1. The summed E-state index contributed by atoms with van der Waals surface area (Å²) in [6.07, 6.45) is 0.785. The lowest BCUT2D eigenvalue weighted by Gasteiger charge is -2.08. The number of halogens is 1. The second-order valence-corrected chi connectivity index (χ2v) is 5.41. The molecule has 2 rings (SSSR count). The minimum Gasteiger partial charge on any atom is -0.330 e. The van der Waals surface area contributed by atoms with Crippen LogP contribution in [0.15, 0.2) is 46.9 Å². The number of nitrogens with zero attached hydrogens (tertiary/aromatic N) is 1. The van der Waals surface area contributed by atoms with Gasteiger partial charge in [0.05, 0.1) is 11.3 Å². The molecule has 0 radical (unpaired) electrons. The van der Waals surface area contributed by atoms with Crippen molar-refractivity contribution in [2.75, 3.05) is 11.9 Å². The maximum atomic E-state index is 12.2. The molecule has 0 spiro atoms. The van der Waals surface area contributed by atoms with Crippen LogP contribution in [0.3, 0.4) is 0 Å². The summed E-state index contributed by atoms with van der Waals surface area (Å²) in [5.74, 6) is -0.242. The van der Waals surface area contributed by atoms with Gasteiger partial charge in [0.2, 0.25) is 0 Å². The van der Waals surface area contributed by atoms with Gasteiger partial charge in [-0.05, 0) is 48.9 Å². The van der Waals surface area contributed by atoms with E-state index in [1.165, 1.54) is 0 Å². The number of amides is 1. The summed E-state index contributed by atoms with van der Waals surface area (Å²) < 4.78 is 0.795. The van der Waals surface area contributed by atoms with Gasteiger partial charge in [0, 0.05) is 10.0 Å². The molecule has 0 atom stereocenters. The van der Waals surface area contributed by atoms with Crippen molar-refractivity contribution in [3.63, 3.8) is 0 Å². The van der Waals surface area contributed by atoms with Gasteiger partial charge in [-0.2, -0.15) is 5.26 Å². The van der Waals surface area contributed by atoms with Crippen LogP contribution in [-0.2, 0) is 6.42 Å². The fourth-order valence-corrected chi connectivity index (χ4v) is 2.26. The summed E-state index contributed by atoms with van der Waals surface area (Å²) in [5, 5.41) is 11.8. The third-order valence-corrected chi connectivity index (χ3v) is 3.49. The summed E-state index contributed by atoms with van der Waals surface area (Å²) in [5.41, 5.74) is 8.04. The Morgan fingerprint density at radius 3 is 2.57 bits per heavy atom. The van der Waals surface area contributed by atoms with Crippen molar-refractivity contribution in [2.24, 2.45) is 5.73 Å². The van der Waals surface area contributed by atoms with Gasteiger partial charge < -0.3 is 11.1 Å². The molecule has 0 unspecified atom stereocenters. The Morgan fingerprint density at radius 2 is 1.95 bits per heavy atom. The Bertz CT molecular complexity index is 690. The van der Waals surface area contributed by atoms with Crippen LogP contribution in [0.4, 0.5) is 5.69 Å². The second-order valence-electron chi connectivity index (χ2n) is 4.49. The van der Waals surface area contributed by atoms with Gasteiger partial charge >= 0.3 is 0 Å².